The van der Waals surface area contributed by atoms with E-state index in [-0.39, 0.29) is 13.1 Å². The Labute approximate surface area is 197 Å². The summed E-state index contributed by atoms with van der Waals surface area (Å²) in [6.45, 7) is 1.63. The molecular formula is C24H21N5O4S. The Kier molecular flexibility index (Phi) is 5.50. The lowest BCUT2D eigenvalue weighted by Crippen LogP contribution is -2.41. The molecular weight excluding hydrogens is 454 g/mol. The number of carbonyl (C=O) groups is 1. The number of fused-ring (bicyclic) bond motifs is 3. The van der Waals surface area contributed by atoms with E-state index in [1.807, 2.05) is 43.3 Å². The molecule has 0 spiro atoms. The first-order valence-electron chi connectivity index (χ1n) is 10.5. The van der Waals surface area contributed by atoms with Crippen LogP contribution in [0.25, 0.3) is 20.3 Å². The maximum atomic E-state index is 13.5. The van der Waals surface area contributed by atoms with Gasteiger partial charge in [-0.3, -0.25) is 18.7 Å². The molecule has 3 heterocycles. The number of nitrogens with zero attached hydrogens (tertiary/aromatic N) is 3. The van der Waals surface area contributed by atoms with Crippen LogP contribution in [-0.2, 0) is 17.9 Å². The number of rotatable bonds is 6. The van der Waals surface area contributed by atoms with Gasteiger partial charge in [0.15, 0.2) is 0 Å². The van der Waals surface area contributed by atoms with Gasteiger partial charge in [-0.05, 0) is 30.7 Å². The summed E-state index contributed by atoms with van der Waals surface area (Å²) in [5.74, 6) is 0.582. The number of methoxy groups -OCH3 is 1. The minimum absolute atomic E-state index is 0.0255. The van der Waals surface area contributed by atoms with Crippen molar-refractivity contribution in [3.8, 4) is 5.75 Å². The van der Waals surface area contributed by atoms with Crippen LogP contribution in [0.3, 0.4) is 0 Å². The second-order valence-electron chi connectivity index (χ2n) is 7.82. The van der Waals surface area contributed by atoms with Crippen LogP contribution in [0, 0.1) is 6.92 Å². The van der Waals surface area contributed by atoms with Crippen LogP contribution >= 0.6 is 11.3 Å². The number of hydrogen-bond donors (Lipinski definition) is 2. The number of nitrogens with one attached hydrogen (secondary N) is 2. The standard InChI is InChI=1S/C24H21N5O4S/c1-14-7-8-16(17(11-14)33-2)27-20(30)13-28-21-15-5-3-4-6-18(15)34-22(21)23(31)29(24(28)32)12-19-25-9-10-26-19/h3-11H,12-13H2,1-2H3,(H,25,26)(H,27,30). The Hall–Kier alpha value is -4.18. The summed E-state index contributed by atoms with van der Waals surface area (Å²) in [5, 5.41) is 3.58. The number of hydrogen-bond acceptors (Lipinski definition) is 6. The van der Waals surface area contributed by atoms with Crippen molar-refractivity contribution in [3.63, 3.8) is 0 Å². The van der Waals surface area contributed by atoms with Crippen molar-refractivity contribution >= 4 is 43.2 Å². The van der Waals surface area contributed by atoms with Crippen molar-refractivity contribution in [1.29, 1.82) is 0 Å². The molecule has 172 valence electrons. The molecule has 34 heavy (non-hydrogen) atoms. The Morgan fingerprint density at radius 3 is 2.76 bits per heavy atom. The van der Waals surface area contributed by atoms with E-state index in [1.54, 1.807) is 18.5 Å². The average molecular weight is 476 g/mol. The molecule has 5 aromatic rings. The van der Waals surface area contributed by atoms with E-state index < -0.39 is 17.2 Å². The first-order chi connectivity index (χ1) is 16.5. The van der Waals surface area contributed by atoms with Crippen LogP contribution in [0.5, 0.6) is 5.75 Å². The van der Waals surface area contributed by atoms with Crippen molar-refractivity contribution in [3.05, 3.63) is 87.1 Å². The lowest BCUT2D eigenvalue weighted by atomic mass is 10.2. The second-order valence-corrected chi connectivity index (χ2v) is 8.88. The Bertz CT molecular complexity index is 1650. The fraction of sp³-hybridized carbons (Fsp3) is 0.167. The van der Waals surface area contributed by atoms with Gasteiger partial charge in [-0.1, -0.05) is 24.3 Å². The summed E-state index contributed by atoms with van der Waals surface area (Å²) < 4.78 is 9.11. The molecule has 3 aromatic heterocycles. The van der Waals surface area contributed by atoms with Crippen molar-refractivity contribution < 1.29 is 9.53 Å². The van der Waals surface area contributed by atoms with Crippen LogP contribution in [0.2, 0.25) is 0 Å². The van der Waals surface area contributed by atoms with Crippen molar-refractivity contribution in [2.24, 2.45) is 0 Å². The summed E-state index contributed by atoms with van der Waals surface area (Å²) in [4.78, 5) is 46.9. The highest BCUT2D eigenvalue weighted by Gasteiger charge is 2.21. The van der Waals surface area contributed by atoms with Gasteiger partial charge in [0.1, 0.15) is 22.8 Å². The van der Waals surface area contributed by atoms with Gasteiger partial charge >= 0.3 is 5.69 Å². The zero-order valence-corrected chi connectivity index (χ0v) is 19.3. The first kappa shape index (κ1) is 21.7. The number of aromatic amines is 1. The van der Waals surface area contributed by atoms with Gasteiger partial charge < -0.3 is 15.0 Å². The molecule has 1 amide bonds. The third-order valence-electron chi connectivity index (χ3n) is 5.54. The van der Waals surface area contributed by atoms with E-state index in [1.165, 1.54) is 23.0 Å². The average Bonchev–Trinajstić information content (AvgIpc) is 3.48. The minimum atomic E-state index is -0.580. The predicted molar refractivity (Wildman–Crippen MR) is 132 cm³/mol. The van der Waals surface area contributed by atoms with E-state index >= 15 is 0 Å². The number of amides is 1. The zero-order valence-electron chi connectivity index (χ0n) is 18.5. The molecule has 0 radical (unpaired) electrons. The maximum absolute atomic E-state index is 13.5. The van der Waals surface area contributed by atoms with Crippen LogP contribution in [0.4, 0.5) is 5.69 Å². The molecule has 9 nitrogen and oxygen atoms in total. The van der Waals surface area contributed by atoms with E-state index in [2.05, 4.69) is 15.3 Å². The molecule has 10 heteroatoms. The lowest BCUT2D eigenvalue weighted by molar-refractivity contribution is -0.116. The van der Waals surface area contributed by atoms with Crippen LogP contribution in [0.15, 0.2) is 64.4 Å². The molecule has 0 saturated heterocycles. The fourth-order valence-electron chi connectivity index (χ4n) is 3.95. The van der Waals surface area contributed by atoms with Crippen LogP contribution < -0.4 is 21.3 Å². The second kappa shape index (κ2) is 8.64. The SMILES string of the molecule is COc1cc(C)ccc1NC(=O)Cn1c(=O)n(Cc2ncc[nH]2)c(=O)c2sc3ccccc3c21. The lowest BCUT2D eigenvalue weighted by Gasteiger charge is -2.14. The molecule has 0 atom stereocenters. The van der Waals surface area contributed by atoms with Crippen LogP contribution in [0.1, 0.15) is 11.4 Å². The van der Waals surface area contributed by atoms with Crippen molar-refractivity contribution in [1.82, 2.24) is 19.1 Å². The first-order valence-corrected chi connectivity index (χ1v) is 11.4. The molecule has 0 aliphatic rings. The summed E-state index contributed by atoms with van der Waals surface area (Å²) in [7, 11) is 1.53. The van der Waals surface area contributed by atoms with Gasteiger partial charge in [0.25, 0.3) is 5.56 Å². The highest BCUT2D eigenvalue weighted by atomic mass is 32.1. The Balaban J connectivity index is 1.64. The predicted octanol–water partition coefficient (Wildman–Crippen LogP) is 3.11. The van der Waals surface area contributed by atoms with E-state index in [0.717, 1.165) is 20.2 Å². The summed E-state index contributed by atoms with van der Waals surface area (Å²) in [5.41, 5.74) is 0.958. The number of aromatic nitrogens is 4. The number of benzene rings is 2. The largest absolute Gasteiger partial charge is 0.495 e. The monoisotopic (exact) mass is 475 g/mol. The van der Waals surface area contributed by atoms with Gasteiger partial charge in [-0.2, -0.15) is 0 Å². The Morgan fingerprint density at radius 2 is 2.00 bits per heavy atom. The number of carbonyl (C=O) groups excluding carboxylic acids is 1. The number of H-pyrrole nitrogens is 1. The van der Waals surface area contributed by atoms with Gasteiger partial charge in [0.05, 0.1) is 24.9 Å². The molecule has 2 N–H and O–H groups in total. The van der Waals surface area contributed by atoms with Crippen molar-refractivity contribution in [2.45, 2.75) is 20.0 Å². The molecule has 0 bridgehead atoms. The fourth-order valence-corrected chi connectivity index (χ4v) is 5.11. The maximum Gasteiger partial charge on any atom is 0.332 e. The van der Waals surface area contributed by atoms with Gasteiger partial charge in [-0.25, -0.2) is 9.78 Å². The number of imidazole rings is 1. The van der Waals surface area contributed by atoms with E-state index in [4.69, 9.17) is 4.74 Å². The molecule has 0 aliphatic carbocycles. The number of ether oxygens (including phenoxy) is 1. The van der Waals surface area contributed by atoms with Gasteiger partial charge in [-0.15, -0.1) is 11.3 Å². The molecule has 0 saturated carbocycles. The Morgan fingerprint density at radius 1 is 1.18 bits per heavy atom. The molecule has 0 aliphatic heterocycles. The summed E-state index contributed by atoms with van der Waals surface area (Å²) in [6.07, 6.45) is 3.18. The molecule has 2 aromatic carbocycles. The van der Waals surface area contributed by atoms with Crippen molar-refractivity contribution in [2.75, 3.05) is 12.4 Å². The third-order valence-corrected chi connectivity index (χ3v) is 6.68. The molecule has 5 rings (SSSR count). The normalized spacial score (nSPS) is 11.2. The number of aryl methyl sites for hydroxylation is 1. The van der Waals surface area contributed by atoms with Gasteiger partial charge in [0, 0.05) is 22.5 Å². The van der Waals surface area contributed by atoms with Gasteiger partial charge in [0.2, 0.25) is 5.91 Å². The molecule has 0 fully saturated rings. The summed E-state index contributed by atoms with van der Waals surface area (Å²) in [6, 6.07) is 12.9. The molecule has 0 unspecified atom stereocenters. The highest BCUT2D eigenvalue weighted by molar-refractivity contribution is 7.25. The summed E-state index contributed by atoms with van der Waals surface area (Å²) >= 11 is 1.30. The van der Waals surface area contributed by atoms with E-state index in [9.17, 15) is 14.4 Å². The number of anilines is 1. The third kappa shape index (κ3) is 3.77. The van der Waals surface area contributed by atoms with E-state index in [0.29, 0.717) is 27.5 Å². The minimum Gasteiger partial charge on any atom is -0.495 e. The number of thiophene rings is 1. The highest BCUT2D eigenvalue weighted by Crippen LogP contribution is 2.31. The quantitative estimate of drug-likeness (QED) is 0.392. The zero-order chi connectivity index (χ0) is 23.8. The smallest absolute Gasteiger partial charge is 0.332 e. The topological polar surface area (TPSA) is 111 Å². The van der Waals surface area contributed by atoms with Crippen LogP contribution in [-0.4, -0.2) is 32.1 Å².